The van der Waals surface area contributed by atoms with Gasteiger partial charge in [-0.1, -0.05) is 51.6 Å². The molecule has 0 saturated heterocycles. The minimum absolute atomic E-state index is 0.0423. The Balaban J connectivity index is 1.80. The fourth-order valence-electron chi connectivity index (χ4n) is 2.53. The van der Waals surface area contributed by atoms with E-state index in [0.717, 1.165) is 18.1 Å². The number of carbonyl (C=O) groups is 1. The molecule has 1 fully saturated rings. The van der Waals surface area contributed by atoms with Gasteiger partial charge >= 0.3 is 0 Å². The van der Waals surface area contributed by atoms with Crippen molar-refractivity contribution in [1.82, 2.24) is 5.16 Å². The largest absolute Gasteiger partial charge is 0.359 e. The summed E-state index contributed by atoms with van der Waals surface area (Å²) in [5.41, 5.74) is -0.0835. The average molecular weight is 264 g/mol. The molecular weight excluding hydrogens is 240 g/mol. The summed E-state index contributed by atoms with van der Waals surface area (Å²) in [6, 6.07) is 1.81. The summed E-state index contributed by atoms with van der Waals surface area (Å²) in [5.74, 6) is 2.11. The minimum Gasteiger partial charge on any atom is -0.359 e. The van der Waals surface area contributed by atoms with E-state index in [-0.39, 0.29) is 11.3 Å². The van der Waals surface area contributed by atoms with Crippen LogP contribution in [0.25, 0.3) is 0 Å². The van der Waals surface area contributed by atoms with Gasteiger partial charge in [0.05, 0.1) is 0 Å². The molecule has 1 aliphatic carbocycles. The second-order valence-electron chi connectivity index (χ2n) is 6.56. The minimum atomic E-state index is -0.0835. The molecule has 0 aliphatic heterocycles. The van der Waals surface area contributed by atoms with E-state index in [9.17, 15) is 4.79 Å². The summed E-state index contributed by atoms with van der Waals surface area (Å²) in [4.78, 5) is 11.8. The van der Waals surface area contributed by atoms with E-state index in [1.165, 1.54) is 25.7 Å². The van der Waals surface area contributed by atoms with Crippen molar-refractivity contribution in [3.63, 3.8) is 0 Å². The summed E-state index contributed by atoms with van der Waals surface area (Å²) in [5, 5.41) is 6.71. The van der Waals surface area contributed by atoms with Crippen LogP contribution < -0.4 is 5.32 Å². The highest BCUT2D eigenvalue weighted by atomic mass is 16.5. The van der Waals surface area contributed by atoms with E-state index in [1.807, 2.05) is 6.07 Å². The van der Waals surface area contributed by atoms with Gasteiger partial charge in [0.1, 0.15) is 5.76 Å². The molecule has 4 nitrogen and oxygen atoms in total. The highest BCUT2D eigenvalue weighted by molar-refractivity contribution is 5.89. The van der Waals surface area contributed by atoms with Gasteiger partial charge in [0.2, 0.25) is 5.91 Å². The van der Waals surface area contributed by atoms with Gasteiger partial charge in [-0.25, -0.2) is 0 Å². The van der Waals surface area contributed by atoms with E-state index in [2.05, 4.69) is 31.2 Å². The van der Waals surface area contributed by atoms with Crippen molar-refractivity contribution in [3.8, 4) is 0 Å². The molecule has 0 atom stereocenters. The normalized spacial score (nSPS) is 16.8. The Morgan fingerprint density at radius 2 is 2.11 bits per heavy atom. The summed E-state index contributed by atoms with van der Waals surface area (Å²) in [7, 11) is 0. The van der Waals surface area contributed by atoms with Crippen LogP contribution in [0, 0.1) is 5.92 Å². The van der Waals surface area contributed by atoms with E-state index in [1.54, 1.807) is 0 Å². The number of hydrogen-bond donors (Lipinski definition) is 1. The molecule has 0 spiro atoms. The highest BCUT2D eigenvalue weighted by Crippen LogP contribution is 2.29. The van der Waals surface area contributed by atoms with Gasteiger partial charge in [0, 0.05) is 17.9 Å². The molecule has 19 heavy (non-hydrogen) atoms. The van der Waals surface area contributed by atoms with Gasteiger partial charge in [-0.3, -0.25) is 4.79 Å². The zero-order valence-corrected chi connectivity index (χ0v) is 12.2. The van der Waals surface area contributed by atoms with Gasteiger partial charge < -0.3 is 9.84 Å². The van der Waals surface area contributed by atoms with Crippen LogP contribution in [0.15, 0.2) is 10.6 Å². The van der Waals surface area contributed by atoms with Crippen LogP contribution in [0.1, 0.15) is 65.1 Å². The lowest BCUT2D eigenvalue weighted by atomic mass is 9.93. The maximum atomic E-state index is 11.8. The molecule has 106 valence electrons. The van der Waals surface area contributed by atoms with Crippen LogP contribution in [0.2, 0.25) is 0 Å². The van der Waals surface area contributed by atoms with Gasteiger partial charge in [0.25, 0.3) is 0 Å². The Bertz CT molecular complexity index is 426. The first-order chi connectivity index (χ1) is 8.95. The van der Waals surface area contributed by atoms with Gasteiger partial charge in [-0.2, -0.15) is 0 Å². The van der Waals surface area contributed by atoms with Crippen molar-refractivity contribution in [2.45, 2.75) is 64.7 Å². The average Bonchev–Trinajstić information content (AvgIpc) is 2.95. The molecule has 1 amide bonds. The Morgan fingerprint density at radius 1 is 1.42 bits per heavy atom. The fourth-order valence-corrected chi connectivity index (χ4v) is 2.53. The summed E-state index contributed by atoms with van der Waals surface area (Å²) >= 11 is 0. The molecule has 1 heterocycles. The molecule has 1 N–H and O–H groups in total. The number of hydrogen-bond acceptors (Lipinski definition) is 3. The molecule has 0 unspecified atom stereocenters. The predicted molar refractivity (Wildman–Crippen MR) is 75.0 cm³/mol. The number of amides is 1. The quantitative estimate of drug-likeness (QED) is 0.897. The van der Waals surface area contributed by atoms with E-state index < -0.39 is 0 Å². The third kappa shape index (κ3) is 4.08. The lowest BCUT2D eigenvalue weighted by Crippen LogP contribution is -2.13. The summed E-state index contributed by atoms with van der Waals surface area (Å²) in [6.45, 7) is 6.16. The maximum Gasteiger partial charge on any atom is 0.225 e. The molecular formula is C15H24N2O2. The van der Waals surface area contributed by atoms with E-state index in [0.29, 0.717) is 12.2 Å². The van der Waals surface area contributed by atoms with Crippen LogP contribution in [0.4, 0.5) is 5.82 Å². The molecule has 1 aromatic rings. The van der Waals surface area contributed by atoms with Crippen LogP contribution >= 0.6 is 0 Å². The predicted octanol–water partition coefficient (Wildman–Crippen LogP) is 3.88. The number of aromatic nitrogens is 1. The Hall–Kier alpha value is -1.32. The lowest BCUT2D eigenvalue weighted by Gasteiger charge is -2.12. The molecule has 0 radical (unpaired) electrons. The van der Waals surface area contributed by atoms with Gasteiger partial charge in [-0.05, 0) is 12.3 Å². The molecule has 1 saturated carbocycles. The second-order valence-corrected chi connectivity index (χ2v) is 6.56. The number of carbonyl (C=O) groups excluding carboxylic acids is 1. The van der Waals surface area contributed by atoms with Gasteiger partial charge in [-0.15, -0.1) is 0 Å². The van der Waals surface area contributed by atoms with Crippen molar-refractivity contribution >= 4 is 11.7 Å². The Kier molecular flexibility index (Phi) is 4.27. The SMILES string of the molecule is CC(C)(C)c1cc(NC(=O)CCC2CCCC2)no1. The monoisotopic (exact) mass is 264 g/mol. The Labute approximate surface area is 114 Å². The van der Waals surface area contributed by atoms with Crippen molar-refractivity contribution < 1.29 is 9.32 Å². The number of nitrogens with zero attached hydrogens (tertiary/aromatic N) is 1. The first-order valence-corrected chi connectivity index (χ1v) is 7.22. The molecule has 4 heteroatoms. The van der Waals surface area contributed by atoms with Crippen LogP contribution in [-0.2, 0) is 10.2 Å². The second kappa shape index (κ2) is 5.76. The molecule has 1 aromatic heterocycles. The van der Waals surface area contributed by atoms with Crippen molar-refractivity contribution in [1.29, 1.82) is 0 Å². The van der Waals surface area contributed by atoms with E-state index >= 15 is 0 Å². The third-order valence-corrected chi connectivity index (χ3v) is 3.77. The molecule has 0 aromatic carbocycles. The van der Waals surface area contributed by atoms with Crippen LogP contribution in [0.5, 0.6) is 0 Å². The first kappa shape index (κ1) is 14.1. The maximum absolute atomic E-state index is 11.8. The van der Waals surface area contributed by atoms with Crippen molar-refractivity contribution in [2.24, 2.45) is 5.92 Å². The highest BCUT2D eigenvalue weighted by Gasteiger charge is 2.21. The van der Waals surface area contributed by atoms with Crippen LogP contribution in [0.3, 0.4) is 0 Å². The summed E-state index contributed by atoms with van der Waals surface area (Å²) in [6.07, 6.45) is 6.80. The Morgan fingerprint density at radius 3 is 2.68 bits per heavy atom. The molecule has 0 bridgehead atoms. The fraction of sp³-hybridized carbons (Fsp3) is 0.733. The topological polar surface area (TPSA) is 55.1 Å². The smallest absolute Gasteiger partial charge is 0.225 e. The number of anilines is 1. The standard InChI is InChI=1S/C15H24N2O2/c1-15(2,3)12-10-13(17-19-12)16-14(18)9-8-11-6-4-5-7-11/h10-11H,4-9H2,1-3H3,(H,16,17,18). The third-order valence-electron chi connectivity index (χ3n) is 3.77. The zero-order valence-electron chi connectivity index (χ0n) is 12.2. The van der Waals surface area contributed by atoms with Crippen LogP contribution in [-0.4, -0.2) is 11.1 Å². The van der Waals surface area contributed by atoms with E-state index in [4.69, 9.17) is 4.52 Å². The van der Waals surface area contributed by atoms with Gasteiger partial charge in [0.15, 0.2) is 5.82 Å². The molecule has 2 rings (SSSR count). The lowest BCUT2D eigenvalue weighted by molar-refractivity contribution is -0.116. The first-order valence-electron chi connectivity index (χ1n) is 7.22. The summed E-state index contributed by atoms with van der Waals surface area (Å²) < 4.78 is 5.24. The molecule has 1 aliphatic rings. The van der Waals surface area contributed by atoms with Crippen molar-refractivity contribution in [2.75, 3.05) is 5.32 Å². The zero-order chi connectivity index (χ0) is 13.9. The van der Waals surface area contributed by atoms with Crippen molar-refractivity contribution in [3.05, 3.63) is 11.8 Å². The number of rotatable bonds is 4. The number of nitrogens with one attached hydrogen (secondary N) is 1.